The number of hydrogen-bond acceptors (Lipinski definition) is 12. The van der Waals surface area contributed by atoms with Gasteiger partial charge in [0, 0.05) is 11.1 Å². The van der Waals surface area contributed by atoms with Crippen LogP contribution in [0.25, 0.3) is 0 Å². The summed E-state index contributed by atoms with van der Waals surface area (Å²) in [5.74, 6) is -2.50. The van der Waals surface area contributed by atoms with E-state index in [-0.39, 0.29) is 34.4 Å². The highest BCUT2D eigenvalue weighted by molar-refractivity contribution is 8.00. The lowest BCUT2D eigenvalue weighted by Gasteiger charge is -2.30. The third kappa shape index (κ3) is 5.70. The predicted octanol–water partition coefficient (Wildman–Crippen LogP) is -0.676. The van der Waals surface area contributed by atoms with Crippen LogP contribution in [0.4, 0.5) is 5.13 Å². The number of carbonyl (C=O) groups is 4. The van der Waals surface area contributed by atoms with Gasteiger partial charge in [-0.25, -0.2) is 9.78 Å². The molecule has 5 N–H and O–H groups in total. The van der Waals surface area contributed by atoms with Crippen molar-refractivity contribution in [1.82, 2.24) is 15.6 Å². The SMILES string of the molecule is CO/N=C(/C(=O)N[C@@H](C=O)[C@H]1NC(C(=O)O)=C(CC(=O)OC)CS1)c1csc(N)n1. The van der Waals surface area contributed by atoms with Crippen LogP contribution < -0.4 is 16.4 Å². The zero-order valence-corrected chi connectivity index (χ0v) is 17.5. The maximum Gasteiger partial charge on any atom is 0.351 e. The molecule has 1 aliphatic heterocycles. The van der Waals surface area contributed by atoms with Gasteiger partial charge in [-0.15, -0.1) is 23.1 Å². The number of nitrogens with two attached hydrogens (primary N) is 1. The average Bonchev–Trinajstić information content (AvgIpc) is 3.15. The molecule has 0 fully saturated rings. The van der Waals surface area contributed by atoms with E-state index in [1.165, 1.54) is 19.6 Å². The average molecular weight is 457 g/mol. The van der Waals surface area contributed by atoms with Crippen molar-refractivity contribution in [3.05, 3.63) is 22.3 Å². The third-order valence-electron chi connectivity index (χ3n) is 3.81. The van der Waals surface area contributed by atoms with Crippen LogP contribution >= 0.6 is 23.1 Å². The van der Waals surface area contributed by atoms with Crippen LogP contribution in [-0.4, -0.2) is 71.3 Å². The molecule has 2 heterocycles. The lowest BCUT2D eigenvalue weighted by molar-refractivity contribution is -0.139. The van der Waals surface area contributed by atoms with Gasteiger partial charge >= 0.3 is 11.9 Å². The molecule has 0 unspecified atom stereocenters. The van der Waals surface area contributed by atoms with E-state index in [1.807, 2.05) is 0 Å². The van der Waals surface area contributed by atoms with E-state index in [4.69, 9.17) is 5.73 Å². The Morgan fingerprint density at radius 1 is 1.50 bits per heavy atom. The number of carbonyl (C=O) groups excluding carboxylic acids is 3. The summed E-state index contributed by atoms with van der Waals surface area (Å²) in [6.07, 6.45) is 0.256. The van der Waals surface area contributed by atoms with Gasteiger partial charge in [0.25, 0.3) is 5.91 Å². The number of nitrogens with zero attached hydrogens (tertiary/aromatic N) is 2. The van der Waals surface area contributed by atoms with Crippen LogP contribution in [0.5, 0.6) is 0 Å². The number of amides is 1. The Bertz CT molecular complexity index is 898. The molecule has 162 valence electrons. The van der Waals surface area contributed by atoms with Crippen molar-refractivity contribution in [2.45, 2.75) is 17.8 Å². The fourth-order valence-electron chi connectivity index (χ4n) is 2.43. The first-order valence-corrected chi connectivity index (χ1v) is 10.2. The summed E-state index contributed by atoms with van der Waals surface area (Å²) in [6.45, 7) is 0. The van der Waals surface area contributed by atoms with Crippen molar-refractivity contribution in [3.8, 4) is 0 Å². The molecule has 14 heteroatoms. The molecule has 0 spiro atoms. The van der Waals surface area contributed by atoms with Gasteiger partial charge < -0.3 is 35.8 Å². The lowest BCUT2D eigenvalue weighted by atomic mass is 10.1. The van der Waals surface area contributed by atoms with E-state index in [1.54, 1.807) is 0 Å². The van der Waals surface area contributed by atoms with E-state index < -0.39 is 29.3 Å². The maximum absolute atomic E-state index is 12.6. The molecule has 1 amide bonds. The van der Waals surface area contributed by atoms with Crippen molar-refractivity contribution in [2.75, 3.05) is 25.7 Å². The Kier molecular flexibility index (Phi) is 8.17. The Hall–Kier alpha value is -3.13. The first-order valence-electron chi connectivity index (χ1n) is 8.29. The van der Waals surface area contributed by atoms with Crippen molar-refractivity contribution >= 4 is 58.1 Å². The van der Waals surface area contributed by atoms with E-state index in [9.17, 15) is 24.3 Å². The van der Waals surface area contributed by atoms with Crippen molar-refractivity contribution in [2.24, 2.45) is 5.16 Å². The highest BCUT2D eigenvalue weighted by Gasteiger charge is 2.33. The Balaban J connectivity index is 2.18. The van der Waals surface area contributed by atoms with E-state index in [2.05, 4.69) is 30.3 Å². The van der Waals surface area contributed by atoms with Gasteiger partial charge in [-0.2, -0.15) is 0 Å². The number of hydrogen-bond donors (Lipinski definition) is 4. The molecule has 2 rings (SSSR count). The minimum absolute atomic E-state index is 0.149. The van der Waals surface area contributed by atoms with E-state index in [0.29, 0.717) is 11.9 Å². The first kappa shape index (κ1) is 23.2. The molecule has 0 aromatic carbocycles. The summed E-state index contributed by atoms with van der Waals surface area (Å²) < 4.78 is 4.57. The number of rotatable bonds is 9. The number of thiazole rings is 1. The normalized spacial score (nSPS) is 17.5. The topological polar surface area (TPSA) is 182 Å². The Morgan fingerprint density at radius 3 is 2.77 bits per heavy atom. The second kappa shape index (κ2) is 10.6. The summed E-state index contributed by atoms with van der Waals surface area (Å²) in [4.78, 5) is 56.0. The number of aliphatic carboxylic acids is 1. The smallest absolute Gasteiger partial charge is 0.351 e. The lowest BCUT2D eigenvalue weighted by Crippen LogP contribution is -2.53. The fraction of sp³-hybridized carbons (Fsp3) is 0.375. The predicted molar refractivity (Wildman–Crippen MR) is 109 cm³/mol. The van der Waals surface area contributed by atoms with Gasteiger partial charge in [0.2, 0.25) is 0 Å². The number of esters is 1. The number of carboxylic acid groups (broad SMARTS) is 1. The van der Waals surface area contributed by atoms with Gasteiger partial charge in [-0.1, -0.05) is 5.16 Å². The van der Waals surface area contributed by atoms with Gasteiger partial charge in [0.05, 0.1) is 13.5 Å². The molecule has 1 aromatic rings. The quantitative estimate of drug-likeness (QED) is 0.160. The molecule has 30 heavy (non-hydrogen) atoms. The standard InChI is InChI=1S/C16H19N5O7S2/c1-27-10(23)3-7-5-29-14(20-11(7)15(25)26)8(4-22)18-13(24)12(21-28-2)9-6-30-16(17)19-9/h4,6,8,14,20H,3,5H2,1-2H3,(H2,17,19)(H,18,24)(H,25,26)/b21-12+/t8-,14-/m0/s1. The van der Waals surface area contributed by atoms with Gasteiger partial charge in [0.15, 0.2) is 10.8 Å². The second-order valence-electron chi connectivity index (χ2n) is 5.74. The molecular weight excluding hydrogens is 438 g/mol. The molecule has 12 nitrogen and oxygen atoms in total. The molecule has 1 aromatic heterocycles. The summed E-state index contributed by atoms with van der Waals surface area (Å²) in [5.41, 5.74) is 5.64. The van der Waals surface area contributed by atoms with Crippen LogP contribution in [0.3, 0.4) is 0 Å². The summed E-state index contributed by atoms with van der Waals surface area (Å²) >= 11 is 2.25. The van der Waals surface area contributed by atoms with Gasteiger partial charge in [-0.3, -0.25) is 9.59 Å². The first-order chi connectivity index (χ1) is 14.3. The largest absolute Gasteiger partial charge is 0.477 e. The van der Waals surface area contributed by atoms with Gasteiger partial charge in [0.1, 0.15) is 36.2 Å². The van der Waals surface area contributed by atoms with Crippen LogP contribution in [0.1, 0.15) is 12.1 Å². The van der Waals surface area contributed by atoms with Crippen LogP contribution in [0.2, 0.25) is 0 Å². The molecule has 0 bridgehead atoms. The number of carboxylic acids is 1. The summed E-state index contributed by atoms with van der Waals surface area (Å²) in [6, 6.07) is -1.12. The highest BCUT2D eigenvalue weighted by Crippen LogP contribution is 2.26. The Morgan fingerprint density at radius 2 is 2.23 bits per heavy atom. The number of nitrogen functional groups attached to an aromatic ring is 1. The molecule has 0 radical (unpaired) electrons. The number of aldehydes is 1. The second-order valence-corrected chi connectivity index (χ2v) is 7.76. The van der Waals surface area contributed by atoms with E-state index >= 15 is 0 Å². The molecule has 0 aliphatic carbocycles. The third-order valence-corrected chi connectivity index (χ3v) is 5.77. The molecule has 2 atom stereocenters. The van der Waals surface area contributed by atoms with E-state index in [0.717, 1.165) is 23.1 Å². The summed E-state index contributed by atoms with van der Waals surface area (Å²) in [5, 5.41) is 19.2. The molecule has 0 saturated heterocycles. The number of methoxy groups -OCH3 is 1. The molecular formula is C16H19N5O7S2. The van der Waals surface area contributed by atoms with Crippen LogP contribution in [-0.2, 0) is 28.8 Å². The van der Waals surface area contributed by atoms with Gasteiger partial charge in [-0.05, 0) is 5.57 Å². The monoisotopic (exact) mass is 457 g/mol. The number of anilines is 1. The number of ether oxygens (including phenoxy) is 1. The fourth-order valence-corrected chi connectivity index (χ4v) is 4.15. The maximum atomic E-state index is 12.6. The van der Waals surface area contributed by atoms with Crippen molar-refractivity contribution in [3.63, 3.8) is 0 Å². The number of nitrogens with one attached hydrogen (secondary N) is 2. The minimum Gasteiger partial charge on any atom is -0.477 e. The van der Waals surface area contributed by atoms with Crippen LogP contribution in [0, 0.1) is 0 Å². The zero-order valence-electron chi connectivity index (χ0n) is 15.9. The number of thioether (sulfide) groups is 1. The number of aromatic nitrogens is 1. The summed E-state index contributed by atoms with van der Waals surface area (Å²) in [7, 11) is 2.44. The molecule has 0 saturated carbocycles. The van der Waals surface area contributed by atoms with Crippen LogP contribution in [0.15, 0.2) is 21.8 Å². The Labute approximate surface area is 178 Å². The highest BCUT2D eigenvalue weighted by atomic mass is 32.2. The zero-order chi connectivity index (χ0) is 22.3. The number of oxime groups is 1. The minimum atomic E-state index is -1.30. The molecule has 1 aliphatic rings. The van der Waals surface area contributed by atoms with Crippen molar-refractivity contribution < 1.29 is 33.9 Å². The van der Waals surface area contributed by atoms with Crippen molar-refractivity contribution in [1.29, 1.82) is 0 Å².